The zero-order chi connectivity index (χ0) is 13.0. The van der Waals surface area contributed by atoms with E-state index < -0.39 is 0 Å². The highest BCUT2D eigenvalue weighted by Gasteiger charge is 2.20. The Morgan fingerprint density at radius 1 is 1.33 bits per heavy atom. The Morgan fingerprint density at radius 3 is 2.72 bits per heavy atom. The van der Waals surface area contributed by atoms with E-state index in [1.807, 2.05) is 0 Å². The lowest BCUT2D eigenvalue weighted by molar-refractivity contribution is -0.120. The van der Waals surface area contributed by atoms with E-state index >= 15 is 0 Å². The Labute approximate surface area is 108 Å². The molecule has 2 rings (SSSR count). The summed E-state index contributed by atoms with van der Waals surface area (Å²) in [5, 5.41) is 0. The maximum absolute atomic E-state index is 12.8. The third-order valence-electron chi connectivity index (χ3n) is 3.63. The highest BCUT2D eigenvalue weighted by atomic mass is 19.1. The maximum atomic E-state index is 12.8. The van der Waals surface area contributed by atoms with Crippen LogP contribution in [0.5, 0.6) is 0 Å². The number of ketones is 1. The molecule has 3 heteroatoms. The van der Waals surface area contributed by atoms with Crippen LogP contribution in [0.2, 0.25) is 0 Å². The van der Waals surface area contributed by atoms with E-state index in [-0.39, 0.29) is 11.6 Å². The molecular formula is C15H20FNO. The minimum Gasteiger partial charge on any atom is -0.298 e. The molecule has 0 N–H and O–H groups in total. The first kappa shape index (κ1) is 13.2. The van der Waals surface area contributed by atoms with E-state index in [4.69, 9.17) is 0 Å². The fourth-order valence-corrected chi connectivity index (χ4v) is 2.50. The predicted molar refractivity (Wildman–Crippen MR) is 70.0 cm³/mol. The molecule has 1 aliphatic rings. The number of carbonyl (C=O) groups excluding carboxylic acids is 1. The van der Waals surface area contributed by atoms with Crippen molar-refractivity contribution in [3.8, 4) is 0 Å². The van der Waals surface area contributed by atoms with Gasteiger partial charge in [-0.2, -0.15) is 0 Å². The largest absolute Gasteiger partial charge is 0.298 e. The van der Waals surface area contributed by atoms with E-state index in [1.165, 1.54) is 31.4 Å². The van der Waals surface area contributed by atoms with Crippen LogP contribution < -0.4 is 0 Å². The molecule has 18 heavy (non-hydrogen) atoms. The standard InChI is InChI=1S/C15H20FNO/c1-12-4-2-3-9-17(12)11-15(18)10-13-5-7-14(16)8-6-13/h5-8,12H,2-4,9-11H2,1H3. The fraction of sp³-hybridized carbons (Fsp3) is 0.533. The van der Waals surface area contributed by atoms with Gasteiger partial charge in [0.2, 0.25) is 0 Å². The summed E-state index contributed by atoms with van der Waals surface area (Å²) in [6.07, 6.45) is 4.05. The quantitative estimate of drug-likeness (QED) is 0.818. The Kier molecular flexibility index (Phi) is 4.48. The van der Waals surface area contributed by atoms with Crippen LogP contribution in [0, 0.1) is 5.82 Å². The number of benzene rings is 1. The van der Waals surface area contributed by atoms with Crippen molar-refractivity contribution in [2.45, 2.75) is 38.6 Å². The molecule has 0 spiro atoms. The average molecular weight is 249 g/mol. The number of halogens is 1. The second-order valence-electron chi connectivity index (χ2n) is 5.16. The molecule has 1 aromatic carbocycles. The Hall–Kier alpha value is -1.22. The molecule has 1 atom stereocenters. The Bertz CT molecular complexity index is 401. The summed E-state index contributed by atoms with van der Waals surface area (Å²) < 4.78 is 12.8. The number of Topliss-reactive ketones (excluding diaryl/α,β-unsaturated/α-hetero) is 1. The molecule has 0 aliphatic carbocycles. The number of rotatable bonds is 4. The highest BCUT2D eigenvalue weighted by molar-refractivity contribution is 5.82. The van der Waals surface area contributed by atoms with Crippen molar-refractivity contribution in [3.63, 3.8) is 0 Å². The number of carbonyl (C=O) groups is 1. The van der Waals surface area contributed by atoms with Crippen molar-refractivity contribution in [2.24, 2.45) is 0 Å². The Balaban J connectivity index is 1.86. The van der Waals surface area contributed by atoms with Gasteiger partial charge < -0.3 is 0 Å². The molecule has 1 saturated heterocycles. The molecule has 0 amide bonds. The van der Waals surface area contributed by atoms with Crippen LogP contribution in [0.4, 0.5) is 4.39 Å². The van der Waals surface area contributed by atoms with Crippen LogP contribution in [0.3, 0.4) is 0 Å². The SMILES string of the molecule is CC1CCCCN1CC(=O)Cc1ccc(F)cc1. The van der Waals surface area contributed by atoms with E-state index in [1.54, 1.807) is 12.1 Å². The van der Waals surface area contributed by atoms with E-state index in [0.717, 1.165) is 12.1 Å². The molecule has 0 bridgehead atoms. The van der Waals surface area contributed by atoms with Gasteiger partial charge in [-0.15, -0.1) is 0 Å². The maximum Gasteiger partial charge on any atom is 0.151 e. The normalized spacial score (nSPS) is 20.9. The van der Waals surface area contributed by atoms with Gasteiger partial charge in [-0.25, -0.2) is 4.39 Å². The lowest BCUT2D eigenvalue weighted by atomic mass is 10.0. The summed E-state index contributed by atoms with van der Waals surface area (Å²) in [6, 6.07) is 6.70. The minimum atomic E-state index is -0.254. The van der Waals surface area contributed by atoms with Gasteiger partial charge in [-0.1, -0.05) is 18.6 Å². The van der Waals surface area contributed by atoms with Gasteiger partial charge >= 0.3 is 0 Å². The van der Waals surface area contributed by atoms with Crippen molar-refractivity contribution in [1.29, 1.82) is 0 Å². The second kappa shape index (κ2) is 6.10. The first-order valence-corrected chi connectivity index (χ1v) is 6.65. The zero-order valence-corrected chi connectivity index (χ0v) is 10.9. The van der Waals surface area contributed by atoms with Crippen LogP contribution >= 0.6 is 0 Å². The van der Waals surface area contributed by atoms with Crippen molar-refractivity contribution >= 4 is 5.78 Å². The van der Waals surface area contributed by atoms with Crippen LogP contribution in [0.1, 0.15) is 31.7 Å². The summed E-state index contributed by atoms with van der Waals surface area (Å²) in [4.78, 5) is 14.2. The number of hydrogen-bond acceptors (Lipinski definition) is 2. The molecule has 0 aromatic heterocycles. The van der Waals surface area contributed by atoms with Gasteiger partial charge in [-0.05, 0) is 44.0 Å². The lowest BCUT2D eigenvalue weighted by Crippen LogP contribution is -2.41. The van der Waals surface area contributed by atoms with Crippen LogP contribution in [-0.4, -0.2) is 29.8 Å². The van der Waals surface area contributed by atoms with Crippen molar-refractivity contribution in [3.05, 3.63) is 35.6 Å². The van der Waals surface area contributed by atoms with Crippen LogP contribution in [-0.2, 0) is 11.2 Å². The molecule has 1 unspecified atom stereocenters. The minimum absolute atomic E-state index is 0.218. The van der Waals surface area contributed by atoms with Gasteiger partial charge in [0.1, 0.15) is 5.82 Å². The molecular weight excluding hydrogens is 229 g/mol. The topological polar surface area (TPSA) is 20.3 Å². The Morgan fingerprint density at radius 2 is 2.06 bits per heavy atom. The van der Waals surface area contributed by atoms with Crippen molar-refractivity contribution in [2.75, 3.05) is 13.1 Å². The zero-order valence-electron chi connectivity index (χ0n) is 10.9. The van der Waals surface area contributed by atoms with Crippen LogP contribution in [0.15, 0.2) is 24.3 Å². The summed E-state index contributed by atoms with van der Waals surface area (Å²) in [5.41, 5.74) is 0.895. The van der Waals surface area contributed by atoms with Crippen molar-refractivity contribution < 1.29 is 9.18 Å². The van der Waals surface area contributed by atoms with Gasteiger partial charge in [0, 0.05) is 12.5 Å². The molecule has 98 valence electrons. The van der Waals surface area contributed by atoms with Gasteiger partial charge in [0.25, 0.3) is 0 Å². The first-order valence-electron chi connectivity index (χ1n) is 6.65. The molecule has 1 fully saturated rings. The lowest BCUT2D eigenvalue weighted by Gasteiger charge is -2.32. The monoisotopic (exact) mass is 249 g/mol. The number of piperidine rings is 1. The molecule has 1 aliphatic heterocycles. The van der Waals surface area contributed by atoms with E-state index in [0.29, 0.717) is 19.0 Å². The van der Waals surface area contributed by atoms with Gasteiger partial charge in [0.05, 0.1) is 6.54 Å². The van der Waals surface area contributed by atoms with Crippen LogP contribution in [0.25, 0.3) is 0 Å². The summed E-state index contributed by atoms with van der Waals surface area (Å²) in [6.45, 7) is 3.74. The molecule has 0 saturated carbocycles. The summed E-state index contributed by atoms with van der Waals surface area (Å²) >= 11 is 0. The summed E-state index contributed by atoms with van der Waals surface area (Å²) in [7, 11) is 0. The fourth-order valence-electron chi connectivity index (χ4n) is 2.50. The van der Waals surface area contributed by atoms with Gasteiger partial charge in [0.15, 0.2) is 5.78 Å². The predicted octanol–water partition coefficient (Wildman–Crippen LogP) is 2.81. The summed E-state index contributed by atoms with van der Waals surface area (Å²) in [5.74, 6) is -0.0359. The van der Waals surface area contributed by atoms with Gasteiger partial charge in [-0.3, -0.25) is 9.69 Å². The van der Waals surface area contributed by atoms with E-state index in [9.17, 15) is 9.18 Å². The number of nitrogens with zero attached hydrogens (tertiary/aromatic N) is 1. The van der Waals surface area contributed by atoms with Crippen molar-refractivity contribution in [1.82, 2.24) is 4.90 Å². The molecule has 1 heterocycles. The highest BCUT2D eigenvalue weighted by Crippen LogP contribution is 2.16. The number of likely N-dealkylation sites (tertiary alicyclic amines) is 1. The number of hydrogen-bond donors (Lipinski definition) is 0. The average Bonchev–Trinajstić information content (AvgIpc) is 2.35. The molecule has 0 radical (unpaired) electrons. The molecule has 2 nitrogen and oxygen atoms in total. The second-order valence-corrected chi connectivity index (χ2v) is 5.16. The third-order valence-corrected chi connectivity index (χ3v) is 3.63. The first-order chi connectivity index (χ1) is 8.65. The third kappa shape index (κ3) is 3.64. The molecule has 1 aromatic rings. The van der Waals surface area contributed by atoms with E-state index in [2.05, 4.69) is 11.8 Å². The smallest absolute Gasteiger partial charge is 0.151 e.